The van der Waals surface area contributed by atoms with Crippen LogP contribution in [-0.4, -0.2) is 16.5 Å². The molecule has 0 atom stereocenters. The van der Waals surface area contributed by atoms with E-state index in [0.29, 0.717) is 9.49 Å². The van der Waals surface area contributed by atoms with Gasteiger partial charge < -0.3 is 4.74 Å². The molecule has 2 heterocycles. The lowest BCUT2D eigenvalue weighted by Crippen LogP contribution is -2.22. The third kappa shape index (κ3) is 2.62. The van der Waals surface area contributed by atoms with Crippen LogP contribution >= 0.6 is 56.5 Å². The van der Waals surface area contributed by atoms with Crippen molar-refractivity contribution in [1.82, 2.24) is 9.38 Å². The third-order valence-electron chi connectivity index (χ3n) is 3.67. The number of halogens is 2. The van der Waals surface area contributed by atoms with Crippen molar-refractivity contribution in [2.75, 3.05) is 7.11 Å². The first kappa shape index (κ1) is 16.3. The van der Waals surface area contributed by atoms with Crippen molar-refractivity contribution >= 4 is 78.6 Å². The van der Waals surface area contributed by atoms with Crippen LogP contribution in [0.5, 0.6) is 5.75 Å². The number of aromatic nitrogens is 2. The Balaban J connectivity index is 2.02. The third-order valence-corrected chi connectivity index (χ3v) is 6.07. The van der Waals surface area contributed by atoms with E-state index >= 15 is 0 Å². The summed E-state index contributed by atoms with van der Waals surface area (Å²) in [6.07, 6.45) is 1.89. The van der Waals surface area contributed by atoms with Crippen molar-refractivity contribution in [2.24, 2.45) is 0 Å². The first-order chi connectivity index (χ1) is 11.6. The van der Waals surface area contributed by atoms with Crippen molar-refractivity contribution in [1.29, 1.82) is 0 Å². The van der Waals surface area contributed by atoms with E-state index in [9.17, 15) is 4.79 Å². The van der Waals surface area contributed by atoms with Crippen molar-refractivity contribution in [3.8, 4) is 5.75 Å². The summed E-state index contributed by atoms with van der Waals surface area (Å²) < 4.78 is 9.96. The molecule has 7 heteroatoms. The number of rotatable bonds is 2. The summed E-state index contributed by atoms with van der Waals surface area (Å²) in [4.78, 5) is 18.1. The SMILES string of the molecule is COc1c(I)cc(I)cc1/C=c1\sc2nc3ccccc3n2c1=O. The monoisotopic (exact) mass is 560 g/mol. The normalized spacial score (nSPS) is 12.4. The summed E-state index contributed by atoms with van der Waals surface area (Å²) in [6, 6.07) is 11.7. The average molecular weight is 560 g/mol. The number of ether oxygens (including phenoxy) is 1. The molecule has 0 N–H and O–H groups in total. The first-order valence-corrected chi connectivity index (χ1v) is 10.0. The molecule has 0 unspecified atom stereocenters. The van der Waals surface area contributed by atoms with Crippen molar-refractivity contribution < 1.29 is 4.74 Å². The lowest BCUT2D eigenvalue weighted by molar-refractivity contribution is 0.410. The van der Waals surface area contributed by atoms with Gasteiger partial charge in [0.15, 0.2) is 4.96 Å². The quantitative estimate of drug-likeness (QED) is 0.352. The molecule has 120 valence electrons. The van der Waals surface area contributed by atoms with E-state index in [0.717, 1.165) is 29.5 Å². The van der Waals surface area contributed by atoms with E-state index in [4.69, 9.17) is 4.74 Å². The fourth-order valence-electron chi connectivity index (χ4n) is 2.66. The Hall–Kier alpha value is -1.20. The number of thiazole rings is 1. The number of hydrogen-bond acceptors (Lipinski definition) is 4. The van der Waals surface area contributed by atoms with Gasteiger partial charge in [-0.3, -0.25) is 4.79 Å². The zero-order chi connectivity index (χ0) is 16.8. The highest BCUT2D eigenvalue weighted by Gasteiger charge is 2.12. The largest absolute Gasteiger partial charge is 0.495 e. The van der Waals surface area contributed by atoms with E-state index in [1.165, 1.54) is 11.3 Å². The minimum atomic E-state index is -0.0420. The Morgan fingerprint density at radius 1 is 1.25 bits per heavy atom. The van der Waals surface area contributed by atoms with Crippen LogP contribution in [0.3, 0.4) is 0 Å². The minimum absolute atomic E-state index is 0.0420. The molecule has 4 nitrogen and oxygen atoms in total. The summed E-state index contributed by atoms with van der Waals surface area (Å²) in [5, 5.41) is 0. The second-order valence-electron chi connectivity index (χ2n) is 5.14. The summed E-state index contributed by atoms with van der Waals surface area (Å²) in [5.41, 5.74) is 2.55. The Bertz CT molecular complexity index is 1200. The number of fused-ring (bicyclic) bond motifs is 3. The van der Waals surface area contributed by atoms with Gasteiger partial charge in [-0.05, 0) is 75.5 Å². The first-order valence-electron chi connectivity index (χ1n) is 7.03. The Labute approximate surface area is 168 Å². The van der Waals surface area contributed by atoms with Crippen molar-refractivity contribution in [3.05, 3.63) is 64.0 Å². The maximum atomic E-state index is 12.8. The number of benzene rings is 2. The van der Waals surface area contributed by atoms with Crippen LogP contribution in [0.25, 0.3) is 22.1 Å². The summed E-state index contributed by atoms with van der Waals surface area (Å²) in [7, 11) is 1.65. The fourth-order valence-corrected chi connectivity index (χ4v) is 5.74. The molecule has 4 rings (SSSR count). The number of nitrogens with zero attached hydrogens (tertiary/aromatic N) is 2. The van der Waals surface area contributed by atoms with Gasteiger partial charge in [-0.2, -0.15) is 0 Å². The van der Waals surface area contributed by atoms with Crippen LogP contribution in [0.4, 0.5) is 0 Å². The molecule has 0 aliphatic heterocycles. The molecule has 0 amide bonds. The van der Waals surface area contributed by atoms with Crippen molar-refractivity contribution in [2.45, 2.75) is 0 Å². The van der Waals surface area contributed by atoms with Gasteiger partial charge in [0, 0.05) is 9.13 Å². The van der Waals surface area contributed by atoms with Gasteiger partial charge in [-0.1, -0.05) is 23.5 Å². The number of imidazole rings is 1. The molecular formula is C17H10I2N2O2S. The number of methoxy groups -OCH3 is 1. The predicted molar refractivity (Wildman–Crippen MR) is 114 cm³/mol. The van der Waals surface area contributed by atoms with Gasteiger partial charge in [-0.15, -0.1) is 0 Å². The second-order valence-corrected chi connectivity index (χ2v) is 8.56. The smallest absolute Gasteiger partial charge is 0.274 e. The number of para-hydroxylation sites is 2. The van der Waals surface area contributed by atoms with Gasteiger partial charge in [0.1, 0.15) is 5.75 Å². The Morgan fingerprint density at radius 2 is 2.04 bits per heavy atom. The topological polar surface area (TPSA) is 43.6 Å². The van der Waals surface area contributed by atoms with Gasteiger partial charge in [0.2, 0.25) is 0 Å². The highest BCUT2D eigenvalue weighted by Crippen LogP contribution is 2.28. The molecule has 0 radical (unpaired) electrons. The number of hydrogen-bond donors (Lipinski definition) is 0. The molecule has 0 aliphatic rings. The lowest BCUT2D eigenvalue weighted by Gasteiger charge is -2.07. The van der Waals surface area contributed by atoms with Crippen LogP contribution in [-0.2, 0) is 0 Å². The molecule has 2 aromatic heterocycles. The zero-order valence-corrected chi connectivity index (χ0v) is 17.5. The molecule has 0 bridgehead atoms. The predicted octanol–water partition coefficient (Wildman–Crippen LogP) is 3.67. The zero-order valence-electron chi connectivity index (χ0n) is 12.4. The minimum Gasteiger partial charge on any atom is -0.495 e. The summed E-state index contributed by atoms with van der Waals surface area (Å²) in [6.45, 7) is 0. The van der Waals surface area contributed by atoms with Crippen LogP contribution in [0.15, 0.2) is 41.2 Å². The van der Waals surface area contributed by atoms with E-state index in [-0.39, 0.29) is 5.56 Å². The highest BCUT2D eigenvalue weighted by atomic mass is 127. The maximum absolute atomic E-state index is 12.8. The molecule has 4 aromatic rings. The Morgan fingerprint density at radius 3 is 2.83 bits per heavy atom. The molecule has 2 aromatic carbocycles. The molecule has 0 spiro atoms. The summed E-state index contributed by atoms with van der Waals surface area (Å²) in [5.74, 6) is 0.784. The fraction of sp³-hybridized carbons (Fsp3) is 0.0588. The molecular weight excluding hydrogens is 550 g/mol. The van der Waals surface area contributed by atoms with Crippen LogP contribution < -0.4 is 14.8 Å². The van der Waals surface area contributed by atoms with Gasteiger partial charge in [-0.25, -0.2) is 9.38 Å². The van der Waals surface area contributed by atoms with Crippen molar-refractivity contribution in [3.63, 3.8) is 0 Å². The van der Waals surface area contributed by atoms with Crippen LogP contribution in [0.2, 0.25) is 0 Å². The molecule has 0 saturated carbocycles. The van der Waals surface area contributed by atoms with Crippen LogP contribution in [0.1, 0.15) is 5.56 Å². The van der Waals surface area contributed by atoms with Gasteiger partial charge in [0.25, 0.3) is 5.56 Å². The maximum Gasteiger partial charge on any atom is 0.274 e. The standard InChI is InChI=1S/C17H10I2N2O2S/c1-23-15-9(6-10(18)8-11(15)19)7-14-16(22)21-13-5-3-2-4-12(13)20-17(21)24-14/h2-8H,1H3/b14-7-. The molecule has 24 heavy (non-hydrogen) atoms. The van der Waals surface area contributed by atoms with Gasteiger partial charge in [0.05, 0.1) is 26.2 Å². The average Bonchev–Trinajstić information content (AvgIpc) is 3.04. The molecule has 0 fully saturated rings. The lowest BCUT2D eigenvalue weighted by atomic mass is 10.2. The van der Waals surface area contributed by atoms with E-state index in [2.05, 4.69) is 50.2 Å². The molecule has 0 aliphatic carbocycles. The van der Waals surface area contributed by atoms with Gasteiger partial charge >= 0.3 is 0 Å². The van der Waals surface area contributed by atoms with E-state index in [1.807, 2.05) is 42.5 Å². The van der Waals surface area contributed by atoms with Crippen LogP contribution in [0, 0.1) is 7.14 Å². The van der Waals surface area contributed by atoms with E-state index in [1.54, 1.807) is 11.5 Å². The summed E-state index contributed by atoms with van der Waals surface area (Å²) >= 11 is 5.91. The molecule has 0 saturated heterocycles. The highest BCUT2D eigenvalue weighted by molar-refractivity contribution is 14.1. The second kappa shape index (κ2) is 6.26. The Kier molecular flexibility index (Phi) is 4.25. The van der Waals surface area contributed by atoms with E-state index < -0.39 is 0 Å².